The smallest absolute Gasteiger partial charge is 0.425 e. The maximum Gasteiger partial charge on any atom is 0.425 e. The zero-order chi connectivity index (χ0) is 30.2. The van der Waals surface area contributed by atoms with Gasteiger partial charge in [0.15, 0.2) is 12.2 Å². The fraction of sp³-hybridized carbons (Fsp3) is 0.379. The molecule has 41 heavy (non-hydrogen) atoms. The van der Waals surface area contributed by atoms with Crippen molar-refractivity contribution in [2.75, 3.05) is 0 Å². The Kier molecular flexibility index (Phi) is 10.5. The van der Waals surface area contributed by atoms with E-state index >= 15 is 0 Å². The minimum Gasteiger partial charge on any atom is -0.449 e. The third kappa shape index (κ3) is 9.02. The van der Waals surface area contributed by atoms with E-state index in [1.165, 1.54) is 24.3 Å². The SMILES string of the molecule is CCCCCC[C@H](OC(=O)c1ccc(-c2ccc(-c3ccc(C(=O)O[C@@H](C)C(F)(F)F)cn3)cc2)nc1)C(F)(F)F. The van der Waals surface area contributed by atoms with E-state index in [-0.39, 0.29) is 17.5 Å². The van der Waals surface area contributed by atoms with Crippen LogP contribution in [0.25, 0.3) is 22.5 Å². The molecule has 3 rings (SSSR count). The standard InChI is InChI=1S/C29H28F6N2O4/c1-3-4-5-6-7-25(29(33,34)35)41-27(39)22-13-15-24(37-17-22)20-10-8-19(9-11-20)23-14-12-21(16-36-23)26(38)40-18(2)28(30,31)32/h8-18,25H,3-7H2,1-2H3/t18-,25-/m0/s1. The molecule has 220 valence electrons. The summed E-state index contributed by atoms with van der Waals surface area (Å²) in [5, 5.41) is 0. The van der Waals surface area contributed by atoms with Crippen LogP contribution >= 0.6 is 0 Å². The summed E-state index contributed by atoms with van der Waals surface area (Å²) < 4.78 is 87.0. The number of hydrogen-bond acceptors (Lipinski definition) is 6. The molecule has 2 atom stereocenters. The van der Waals surface area contributed by atoms with Gasteiger partial charge in [-0.05, 0) is 44.0 Å². The zero-order valence-corrected chi connectivity index (χ0v) is 22.3. The molecule has 0 saturated heterocycles. The number of pyridine rings is 2. The molecule has 0 spiro atoms. The maximum absolute atomic E-state index is 13.3. The molecule has 0 radical (unpaired) electrons. The molecular weight excluding hydrogens is 554 g/mol. The van der Waals surface area contributed by atoms with Crippen LogP contribution < -0.4 is 0 Å². The van der Waals surface area contributed by atoms with E-state index in [2.05, 4.69) is 14.7 Å². The van der Waals surface area contributed by atoms with Gasteiger partial charge in [0.1, 0.15) is 0 Å². The Morgan fingerprint density at radius 1 is 0.707 bits per heavy atom. The molecule has 0 aliphatic carbocycles. The number of rotatable bonds is 11. The second-order valence-corrected chi connectivity index (χ2v) is 9.32. The van der Waals surface area contributed by atoms with Crippen LogP contribution in [0.5, 0.6) is 0 Å². The first-order chi connectivity index (χ1) is 19.3. The third-order valence-corrected chi connectivity index (χ3v) is 6.15. The zero-order valence-electron chi connectivity index (χ0n) is 22.3. The van der Waals surface area contributed by atoms with Crippen molar-refractivity contribution in [2.45, 2.75) is 70.5 Å². The highest BCUT2D eigenvalue weighted by Crippen LogP contribution is 2.29. The second-order valence-electron chi connectivity index (χ2n) is 9.32. The van der Waals surface area contributed by atoms with Crippen molar-refractivity contribution in [3.05, 3.63) is 72.1 Å². The van der Waals surface area contributed by atoms with E-state index in [1.54, 1.807) is 24.3 Å². The van der Waals surface area contributed by atoms with E-state index in [0.717, 1.165) is 32.2 Å². The van der Waals surface area contributed by atoms with Crippen LogP contribution in [-0.2, 0) is 9.47 Å². The van der Waals surface area contributed by atoms with Crippen molar-refractivity contribution in [3.63, 3.8) is 0 Å². The van der Waals surface area contributed by atoms with Gasteiger partial charge in [-0.1, -0.05) is 50.5 Å². The van der Waals surface area contributed by atoms with Crippen molar-refractivity contribution in [1.82, 2.24) is 9.97 Å². The van der Waals surface area contributed by atoms with E-state index in [4.69, 9.17) is 4.74 Å². The first-order valence-corrected chi connectivity index (χ1v) is 12.9. The van der Waals surface area contributed by atoms with Crippen molar-refractivity contribution in [3.8, 4) is 22.5 Å². The Morgan fingerprint density at radius 2 is 1.20 bits per heavy atom. The van der Waals surface area contributed by atoms with Crippen LogP contribution in [0.3, 0.4) is 0 Å². The lowest BCUT2D eigenvalue weighted by atomic mass is 10.1. The fourth-order valence-electron chi connectivity index (χ4n) is 3.72. The summed E-state index contributed by atoms with van der Waals surface area (Å²) in [6.45, 7) is 2.67. The lowest BCUT2D eigenvalue weighted by Gasteiger charge is -2.20. The summed E-state index contributed by atoms with van der Waals surface area (Å²) in [6.07, 6.45) is -9.23. The van der Waals surface area contributed by atoms with Crippen LogP contribution in [-0.4, -0.2) is 46.5 Å². The quantitative estimate of drug-likeness (QED) is 0.130. The Labute approximate surface area is 232 Å². The number of benzene rings is 1. The molecule has 0 bridgehead atoms. The normalized spacial score (nSPS) is 13.4. The van der Waals surface area contributed by atoms with Crippen LogP contribution in [0.4, 0.5) is 26.3 Å². The van der Waals surface area contributed by atoms with Crippen molar-refractivity contribution < 1.29 is 45.4 Å². The summed E-state index contributed by atoms with van der Waals surface area (Å²) in [6, 6.07) is 12.4. The highest BCUT2D eigenvalue weighted by atomic mass is 19.4. The lowest BCUT2D eigenvalue weighted by molar-refractivity contribution is -0.206. The van der Waals surface area contributed by atoms with E-state index in [9.17, 15) is 35.9 Å². The Morgan fingerprint density at radius 3 is 1.59 bits per heavy atom. The first kappa shape index (κ1) is 31.6. The molecule has 3 aromatic rings. The van der Waals surface area contributed by atoms with E-state index in [0.29, 0.717) is 35.4 Å². The average Bonchev–Trinajstić information content (AvgIpc) is 2.93. The monoisotopic (exact) mass is 582 g/mol. The number of carbonyl (C=O) groups excluding carboxylic acids is 2. The van der Waals surface area contributed by atoms with E-state index in [1.807, 2.05) is 6.92 Å². The predicted molar refractivity (Wildman–Crippen MR) is 138 cm³/mol. The molecular formula is C29H28F6N2O4. The molecule has 1 aromatic carbocycles. The highest BCUT2D eigenvalue weighted by molar-refractivity contribution is 5.90. The molecule has 0 unspecified atom stereocenters. The molecule has 0 saturated carbocycles. The van der Waals surface area contributed by atoms with Gasteiger partial charge in [0.25, 0.3) is 0 Å². The number of esters is 2. The minimum atomic E-state index is -4.67. The Hall–Kier alpha value is -3.96. The molecule has 2 aromatic heterocycles. The predicted octanol–water partition coefficient (Wildman–Crippen LogP) is 7.98. The number of nitrogens with zero attached hydrogens (tertiary/aromatic N) is 2. The molecule has 0 fully saturated rings. The number of hydrogen-bond donors (Lipinski definition) is 0. The first-order valence-electron chi connectivity index (χ1n) is 12.9. The number of ether oxygens (including phenoxy) is 2. The largest absolute Gasteiger partial charge is 0.449 e. The van der Waals surface area contributed by atoms with Gasteiger partial charge in [-0.15, -0.1) is 0 Å². The van der Waals surface area contributed by atoms with Crippen molar-refractivity contribution >= 4 is 11.9 Å². The van der Waals surface area contributed by atoms with Crippen molar-refractivity contribution in [1.29, 1.82) is 0 Å². The summed E-state index contributed by atoms with van der Waals surface area (Å²) in [5.74, 6) is -2.26. The molecule has 0 aliphatic rings. The van der Waals surface area contributed by atoms with Gasteiger partial charge < -0.3 is 9.47 Å². The van der Waals surface area contributed by atoms with Gasteiger partial charge in [0, 0.05) is 23.5 Å². The minimum absolute atomic E-state index is 0.111. The summed E-state index contributed by atoms with van der Waals surface area (Å²) in [7, 11) is 0. The Balaban J connectivity index is 1.63. The third-order valence-electron chi connectivity index (χ3n) is 6.15. The summed E-state index contributed by atoms with van der Waals surface area (Å²) in [5.41, 5.74) is 1.92. The van der Waals surface area contributed by atoms with Gasteiger partial charge in [-0.3, -0.25) is 9.97 Å². The molecule has 12 heteroatoms. The second kappa shape index (κ2) is 13.6. The number of carbonyl (C=O) groups is 2. The van der Waals surface area contributed by atoms with Gasteiger partial charge in [-0.25, -0.2) is 9.59 Å². The fourth-order valence-corrected chi connectivity index (χ4v) is 3.72. The summed E-state index contributed by atoms with van der Waals surface area (Å²) >= 11 is 0. The van der Waals surface area contributed by atoms with Gasteiger partial charge >= 0.3 is 24.3 Å². The van der Waals surface area contributed by atoms with Gasteiger partial charge in [-0.2, -0.15) is 26.3 Å². The lowest BCUT2D eigenvalue weighted by Crippen LogP contribution is -2.33. The molecule has 2 heterocycles. The number of alkyl halides is 6. The number of aromatic nitrogens is 2. The van der Waals surface area contributed by atoms with Crippen LogP contribution in [0, 0.1) is 0 Å². The van der Waals surface area contributed by atoms with Crippen LogP contribution in [0.1, 0.15) is 66.7 Å². The molecule has 0 N–H and O–H groups in total. The van der Waals surface area contributed by atoms with Crippen molar-refractivity contribution in [2.24, 2.45) is 0 Å². The summed E-state index contributed by atoms with van der Waals surface area (Å²) in [4.78, 5) is 32.6. The maximum atomic E-state index is 13.3. The number of halogens is 6. The molecule has 0 amide bonds. The Bertz CT molecular complexity index is 1290. The molecule has 6 nitrogen and oxygen atoms in total. The van der Waals surface area contributed by atoms with Crippen LogP contribution in [0.15, 0.2) is 60.9 Å². The highest BCUT2D eigenvalue weighted by Gasteiger charge is 2.42. The van der Waals surface area contributed by atoms with Gasteiger partial charge in [0.05, 0.1) is 22.5 Å². The van der Waals surface area contributed by atoms with Gasteiger partial charge in [0.2, 0.25) is 0 Å². The average molecular weight is 583 g/mol. The topological polar surface area (TPSA) is 78.4 Å². The molecule has 0 aliphatic heterocycles. The number of unbranched alkanes of at least 4 members (excludes halogenated alkanes) is 3. The van der Waals surface area contributed by atoms with Crippen LogP contribution in [0.2, 0.25) is 0 Å². The van der Waals surface area contributed by atoms with E-state index < -0.39 is 36.5 Å².